The number of hydrogen-bond donors (Lipinski definition) is 3. The lowest BCUT2D eigenvalue weighted by Gasteiger charge is -2.21. The molecule has 0 aliphatic heterocycles. The Morgan fingerprint density at radius 3 is 0.875 bits per heavy atom. The number of aliphatic hydroxyl groups excluding tert-OH is 1. The number of esters is 4. The van der Waals surface area contributed by atoms with Crippen LogP contribution in [0.1, 0.15) is 336 Å². The van der Waals surface area contributed by atoms with Crippen LogP contribution in [0.25, 0.3) is 0 Å². The van der Waals surface area contributed by atoms with Crippen LogP contribution in [0, 0.1) is 0 Å². The second-order valence-corrected chi connectivity index (χ2v) is 28.5. The van der Waals surface area contributed by atoms with Gasteiger partial charge in [0.05, 0.1) is 26.4 Å². The van der Waals surface area contributed by atoms with E-state index in [9.17, 15) is 43.2 Å². The van der Waals surface area contributed by atoms with E-state index in [4.69, 9.17) is 37.0 Å². The van der Waals surface area contributed by atoms with Gasteiger partial charge in [-0.25, -0.2) is 9.13 Å². The molecule has 558 valence electrons. The van der Waals surface area contributed by atoms with E-state index >= 15 is 0 Å². The van der Waals surface area contributed by atoms with Crippen LogP contribution in [0.5, 0.6) is 0 Å². The first kappa shape index (κ1) is 92.5. The molecule has 0 heterocycles. The van der Waals surface area contributed by atoms with Gasteiger partial charge in [-0.2, -0.15) is 0 Å². The molecule has 0 aliphatic carbocycles. The van der Waals surface area contributed by atoms with Gasteiger partial charge in [-0.3, -0.25) is 37.3 Å². The number of aliphatic hydroxyl groups is 1. The van der Waals surface area contributed by atoms with Gasteiger partial charge in [0.1, 0.15) is 19.3 Å². The van der Waals surface area contributed by atoms with Gasteiger partial charge in [-0.1, -0.05) is 274 Å². The zero-order valence-electron chi connectivity index (χ0n) is 60.8. The van der Waals surface area contributed by atoms with Crippen LogP contribution in [0.4, 0.5) is 0 Å². The van der Waals surface area contributed by atoms with Crippen molar-refractivity contribution in [1.29, 1.82) is 0 Å². The minimum Gasteiger partial charge on any atom is -0.462 e. The highest BCUT2D eigenvalue weighted by atomic mass is 31.2. The standard InChI is InChI=1S/C77H138O17P2/c1-5-9-13-17-21-25-29-31-33-34-35-36-38-40-44-46-50-54-58-62-75(80)88-68-73(94-77(82)64-60-56-52-48-42-28-24-20-16-12-8-4)70-92-96(85,86)90-66-71(78)65-89-95(83,84)91-69-72(93-76(81)63-59-55-51-47-41-27-23-19-15-11-7-3)67-87-74(79)61-57-53-49-45-43-39-37-32-30-26-22-18-14-10-6-2/h9,13,19,21,23,25,31-33,35-37,71-73,78H,5-8,10-12,14-18,20,22,24,26-30,34,38-70H2,1-4H3,(H,83,84)(H,85,86)/b13-9-,23-19-,25-21-,33-31-,36-35-,37-32-. The Kier molecular flexibility index (Phi) is 67.4. The number of hydrogen-bond acceptors (Lipinski definition) is 15. The van der Waals surface area contributed by atoms with Crippen molar-refractivity contribution < 1.29 is 80.2 Å². The van der Waals surface area contributed by atoms with Crippen molar-refractivity contribution in [3.63, 3.8) is 0 Å². The molecule has 0 aromatic carbocycles. The molecule has 96 heavy (non-hydrogen) atoms. The molecule has 0 saturated carbocycles. The van der Waals surface area contributed by atoms with Crippen molar-refractivity contribution in [2.75, 3.05) is 39.6 Å². The van der Waals surface area contributed by atoms with Gasteiger partial charge in [0.15, 0.2) is 12.2 Å². The van der Waals surface area contributed by atoms with Gasteiger partial charge in [-0.15, -0.1) is 0 Å². The summed E-state index contributed by atoms with van der Waals surface area (Å²) in [6, 6.07) is 0. The normalized spacial score (nSPS) is 14.4. The predicted molar refractivity (Wildman–Crippen MR) is 390 cm³/mol. The van der Waals surface area contributed by atoms with Crippen molar-refractivity contribution in [2.24, 2.45) is 0 Å². The molecule has 0 aliphatic rings. The van der Waals surface area contributed by atoms with Gasteiger partial charge >= 0.3 is 39.5 Å². The molecule has 0 spiro atoms. The molecule has 5 atom stereocenters. The number of allylic oxidation sites excluding steroid dienone is 12. The summed E-state index contributed by atoms with van der Waals surface area (Å²) in [4.78, 5) is 72.7. The monoisotopic (exact) mass is 1400 g/mol. The molecule has 17 nitrogen and oxygen atoms in total. The van der Waals surface area contributed by atoms with E-state index in [0.717, 1.165) is 167 Å². The van der Waals surface area contributed by atoms with E-state index in [-0.39, 0.29) is 25.7 Å². The fourth-order valence-electron chi connectivity index (χ4n) is 10.3. The van der Waals surface area contributed by atoms with Gasteiger partial charge < -0.3 is 33.8 Å². The van der Waals surface area contributed by atoms with Crippen LogP contribution in [-0.2, 0) is 65.4 Å². The largest absolute Gasteiger partial charge is 0.472 e. The van der Waals surface area contributed by atoms with E-state index in [1.54, 1.807) is 0 Å². The van der Waals surface area contributed by atoms with Crippen LogP contribution >= 0.6 is 15.6 Å². The van der Waals surface area contributed by atoms with E-state index in [1.165, 1.54) is 89.9 Å². The van der Waals surface area contributed by atoms with Crippen molar-refractivity contribution in [2.45, 2.75) is 354 Å². The SMILES string of the molecule is CC/C=C\C/C=C\C/C=C\C/C=C\CCCCCCCCC(=O)OCC(COP(=O)(O)OCC(O)COP(=O)(O)OCC(COC(=O)CCCCCCC/C=C\CCCCCCCC)OC(=O)CCCCCCC/C=C\CCCC)OC(=O)CCCCCCCCCCCCC. The molecular formula is C77H138O17P2. The Labute approximate surface area is 583 Å². The molecule has 0 bridgehead atoms. The summed E-state index contributed by atoms with van der Waals surface area (Å²) in [6.07, 6.45) is 69.0. The molecule has 0 aromatic heterocycles. The highest BCUT2D eigenvalue weighted by molar-refractivity contribution is 7.47. The van der Waals surface area contributed by atoms with Gasteiger partial charge in [0, 0.05) is 25.7 Å². The maximum atomic E-state index is 13.1. The zero-order chi connectivity index (χ0) is 70.4. The second-order valence-electron chi connectivity index (χ2n) is 25.6. The first-order valence-corrected chi connectivity index (χ1v) is 41.2. The fourth-order valence-corrected chi connectivity index (χ4v) is 11.9. The first-order chi connectivity index (χ1) is 46.7. The van der Waals surface area contributed by atoms with Crippen LogP contribution < -0.4 is 0 Å². The summed E-state index contributed by atoms with van der Waals surface area (Å²) >= 11 is 0. The predicted octanol–water partition coefficient (Wildman–Crippen LogP) is 21.7. The maximum absolute atomic E-state index is 13.1. The van der Waals surface area contributed by atoms with Crippen LogP contribution in [-0.4, -0.2) is 96.7 Å². The summed E-state index contributed by atoms with van der Waals surface area (Å²) in [5.74, 6) is -2.19. The lowest BCUT2D eigenvalue weighted by molar-refractivity contribution is -0.161. The van der Waals surface area contributed by atoms with E-state index in [1.807, 2.05) is 0 Å². The van der Waals surface area contributed by atoms with Gasteiger partial charge in [0.25, 0.3) is 0 Å². The quantitative estimate of drug-likeness (QED) is 0.0169. The zero-order valence-corrected chi connectivity index (χ0v) is 62.6. The summed E-state index contributed by atoms with van der Waals surface area (Å²) in [5.41, 5.74) is 0. The van der Waals surface area contributed by atoms with Crippen molar-refractivity contribution in [3.05, 3.63) is 72.9 Å². The Balaban J connectivity index is 5.27. The van der Waals surface area contributed by atoms with Crippen molar-refractivity contribution in [1.82, 2.24) is 0 Å². The minimum atomic E-state index is -4.97. The maximum Gasteiger partial charge on any atom is 0.472 e. The highest BCUT2D eigenvalue weighted by Crippen LogP contribution is 2.45. The third kappa shape index (κ3) is 69.0. The molecule has 19 heteroatoms. The Morgan fingerprint density at radius 1 is 0.302 bits per heavy atom. The van der Waals surface area contributed by atoms with Crippen LogP contribution in [0.2, 0.25) is 0 Å². The Hall–Kier alpha value is -3.50. The number of ether oxygens (including phenoxy) is 4. The molecule has 0 radical (unpaired) electrons. The molecule has 0 rings (SSSR count). The smallest absolute Gasteiger partial charge is 0.462 e. The summed E-state index contributed by atoms with van der Waals surface area (Å²) in [5, 5.41) is 10.6. The van der Waals surface area contributed by atoms with E-state index < -0.39 is 97.5 Å². The average Bonchev–Trinajstić information content (AvgIpc) is 1.15. The molecule has 3 N–H and O–H groups in total. The van der Waals surface area contributed by atoms with E-state index in [0.29, 0.717) is 25.7 Å². The number of carbonyl (C=O) groups excluding carboxylic acids is 4. The second kappa shape index (κ2) is 70.0. The first-order valence-electron chi connectivity index (χ1n) is 38.2. The van der Waals surface area contributed by atoms with Gasteiger partial charge in [-0.05, 0) is 109 Å². The summed E-state index contributed by atoms with van der Waals surface area (Å²) in [7, 11) is -9.94. The third-order valence-corrected chi connectivity index (χ3v) is 18.1. The topological polar surface area (TPSA) is 237 Å². The summed E-state index contributed by atoms with van der Waals surface area (Å²) < 4.78 is 68.4. The third-order valence-electron chi connectivity index (χ3n) is 16.2. The summed E-state index contributed by atoms with van der Waals surface area (Å²) in [6.45, 7) is 4.71. The Morgan fingerprint density at radius 2 is 0.552 bits per heavy atom. The fraction of sp³-hybridized carbons (Fsp3) is 0.792. The number of phosphoric acid groups is 2. The van der Waals surface area contributed by atoms with E-state index in [2.05, 4.69) is 101 Å². The van der Waals surface area contributed by atoms with Crippen molar-refractivity contribution in [3.8, 4) is 0 Å². The average molecular weight is 1400 g/mol. The lowest BCUT2D eigenvalue weighted by atomic mass is 10.1. The molecular weight excluding hydrogens is 1260 g/mol. The van der Waals surface area contributed by atoms with Crippen LogP contribution in [0.15, 0.2) is 72.9 Å². The minimum absolute atomic E-state index is 0.0861. The molecule has 0 saturated heterocycles. The number of carbonyl (C=O) groups is 4. The number of rotatable bonds is 72. The molecule has 5 unspecified atom stereocenters. The number of phosphoric ester groups is 2. The van der Waals surface area contributed by atoms with Crippen molar-refractivity contribution >= 4 is 39.5 Å². The van der Waals surface area contributed by atoms with Crippen LogP contribution in [0.3, 0.4) is 0 Å². The molecule has 0 aromatic rings. The molecule has 0 amide bonds. The molecule has 0 fully saturated rings. The Bertz CT molecular complexity index is 2110. The van der Waals surface area contributed by atoms with Gasteiger partial charge in [0.2, 0.25) is 0 Å². The highest BCUT2D eigenvalue weighted by Gasteiger charge is 2.30. The number of unbranched alkanes of at least 4 members (excludes halogenated alkanes) is 34. The lowest BCUT2D eigenvalue weighted by Crippen LogP contribution is -2.30.